The van der Waals surface area contributed by atoms with Crippen LogP contribution in [0.4, 0.5) is 0 Å². The second-order valence-corrected chi connectivity index (χ2v) is 6.56. The highest BCUT2D eigenvalue weighted by atomic mass is 35.5. The molecular formula is C20H15ClN2O3. The number of carboxylic acids is 1. The monoisotopic (exact) mass is 366 g/mol. The first-order valence-corrected chi connectivity index (χ1v) is 8.55. The fourth-order valence-electron chi connectivity index (χ4n) is 3.30. The van der Waals surface area contributed by atoms with E-state index in [1.807, 2.05) is 42.5 Å². The summed E-state index contributed by atoms with van der Waals surface area (Å²) in [6.45, 7) is 0. The SMILES string of the molecule is O=C(O)CCc1c[nH]c2c(=O)[nH]c3ccc(-c4ccccc4Cl)cc3c12. The first kappa shape index (κ1) is 16.4. The summed E-state index contributed by atoms with van der Waals surface area (Å²) in [6.07, 6.45) is 2.07. The molecule has 2 aromatic carbocycles. The lowest BCUT2D eigenvalue weighted by Gasteiger charge is -2.08. The summed E-state index contributed by atoms with van der Waals surface area (Å²) in [4.78, 5) is 29.1. The molecule has 0 amide bonds. The van der Waals surface area contributed by atoms with E-state index in [-0.39, 0.29) is 12.0 Å². The van der Waals surface area contributed by atoms with Crippen LogP contribution < -0.4 is 5.56 Å². The Bertz CT molecular complexity index is 1210. The van der Waals surface area contributed by atoms with Crippen LogP contribution in [0.1, 0.15) is 12.0 Å². The summed E-state index contributed by atoms with van der Waals surface area (Å²) in [5.41, 5.74) is 3.58. The summed E-state index contributed by atoms with van der Waals surface area (Å²) in [7, 11) is 0. The molecule has 130 valence electrons. The molecule has 26 heavy (non-hydrogen) atoms. The van der Waals surface area contributed by atoms with Gasteiger partial charge in [-0.2, -0.15) is 0 Å². The Kier molecular flexibility index (Phi) is 4.01. The van der Waals surface area contributed by atoms with Crippen molar-refractivity contribution in [3.63, 3.8) is 0 Å². The van der Waals surface area contributed by atoms with Gasteiger partial charge in [0.05, 0.1) is 0 Å². The Labute approximate surface area is 153 Å². The molecule has 0 atom stereocenters. The highest BCUT2D eigenvalue weighted by Gasteiger charge is 2.14. The number of carboxylic acid groups (broad SMARTS) is 1. The minimum atomic E-state index is -0.870. The van der Waals surface area contributed by atoms with Gasteiger partial charge >= 0.3 is 5.97 Å². The number of aliphatic carboxylic acids is 1. The van der Waals surface area contributed by atoms with Crippen molar-refractivity contribution >= 4 is 39.4 Å². The van der Waals surface area contributed by atoms with Gasteiger partial charge in [0.15, 0.2) is 0 Å². The molecule has 0 saturated carbocycles. The van der Waals surface area contributed by atoms with Gasteiger partial charge in [-0.05, 0) is 35.7 Å². The van der Waals surface area contributed by atoms with E-state index in [0.29, 0.717) is 22.5 Å². The maximum absolute atomic E-state index is 12.3. The van der Waals surface area contributed by atoms with Crippen LogP contribution in [0.25, 0.3) is 32.9 Å². The number of hydrogen-bond acceptors (Lipinski definition) is 2. The van der Waals surface area contributed by atoms with E-state index in [4.69, 9.17) is 16.7 Å². The van der Waals surface area contributed by atoms with Gasteiger partial charge < -0.3 is 15.1 Å². The zero-order valence-corrected chi connectivity index (χ0v) is 14.4. The Morgan fingerprint density at radius 1 is 1.15 bits per heavy atom. The average Bonchev–Trinajstić information content (AvgIpc) is 3.05. The lowest BCUT2D eigenvalue weighted by atomic mass is 9.99. The number of benzene rings is 2. The van der Waals surface area contributed by atoms with Gasteiger partial charge in [0, 0.05) is 39.5 Å². The van der Waals surface area contributed by atoms with Gasteiger partial charge in [0.25, 0.3) is 5.56 Å². The Morgan fingerprint density at radius 2 is 1.96 bits per heavy atom. The molecule has 0 aliphatic rings. The zero-order chi connectivity index (χ0) is 18.3. The molecule has 0 aliphatic carbocycles. The summed E-state index contributed by atoms with van der Waals surface area (Å²) < 4.78 is 0. The first-order chi connectivity index (χ1) is 12.5. The molecule has 0 spiro atoms. The molecule has 0 saturated heterocycles. The van der Waals surface area contributed by atoms with Crippen LogP contribution in [0.5, 0.6) is 0 Å². The van der Waals surface area contributed by atoms with Gasteiger partial charge in [0.2, 0.25) is 0 Å². The van der Waals surface area contributed by atoms with Gasteiger partial charge in [-0.3, -0.25) is 9.59 Å². The van der Waals surface area contributed by atoms with Crippen LogP contribution in [-0.4, -0.2) is 21.0 Å². The van der Waals surface area contributed by atoms with Crippen molar-refractivity contribution in [1.29, 1.82) is 0 Å². The predicted molar refractivity (Wildman–Crippen MR) is 103 cm³/mol. The average molecular weight is 367 g/mol. The van der Waals surface area contributed by atoms with Crippen LogP contribution in [0, 0.1) is 0 Å². The maximum atomic E-state index is 12.3. The van der Waals surface area contributed by atoms with Crippen molar-refractivity contribution in [2.45, 2.75) is 12.8 Å². The standard InChI is InChI=1S/C20H15ClN2O3/c21-15-4-2-1-3-13(15)11-5-7-16-14(9-11)18-12(6-8-17(24)25)10-22-19(18)20(26)23-16/h1-5,7,9-10,22H,6,8H2,(H,23,26)(H,24,25). The number of nitrogens with one attached hydrogen (secondary N) is 2. The molecule has 0 unspecified atom stereocenters. The molecule has 0 radical (unpaired) electrons. The third-order valence-corrected chi connectivity index (χ3v) is 4.85. The van der Waals surface area contributed by atoms with Gasteiger partial charge in [-0.15, -0.1) is 0 Å². The molecule has 3 N–H and O–H groups in total. The molecular weight excluding hydrogens is 352 g/mol. The van der Waals surface area contributed by atoms with Crippen molar-refractivity contribution in [2.75, 3.05) is 0 Å². The van der Waals surface area contributed by atoms with E-state index < -0.39 is 5.97 Å². The number of rotatable bonds is 4. The molecule has 4 aromatic rings. The lowest BCUT2D eigenvalue weighted by molar-refractivity contribution is -0.136. The van der Waals surface area contributed by atoms with E-state index in [2.05, 4.69) is 9.97 Å². The highest BCUT2D eigenvalue weighted by Crippen LogP contribution is 2.32. The van der Waals surface area contributed by atoms with Crippen LogP contribution in [0.2, 0.25) is 5.02 Å². The number of carbonyl (C=O) groups is 1. The number of fused-ring (bicyclic) bond motifs is 3. The fourth-order valence-corrected chi connectivity index (χ4v) is 3.54. The van der Waals surface area contributed by atoms with Crippen molar-refractivity contribution in [3.05, 3.63) is 69.6 Å². The number of aromatic nitrogens is 2. The normalized spacial score (nSPS) is 11.3. The number of aryl methyl sites for hydroxylation is 1. The number of pyridine rings is 1. The lowest BCUT2D eigenvalue weighted by Crippen LogP contribution is -2.06. The van der Waals surface area contributed by atoms with Crippen LogP contribution in [-0.2, 0) is 11.2 Å². The van der Waals surface area contributed by atoms with E-state index in [9.17, 15) is 9.59 Å². The number of H-pyrrole nitrogens is 2. The van der Waals surface area contributed by atoms with Crippen molar-refractivity contribution < 1.29 is 9.90 Å². The van der Waals surface area contributed by atoms with Crippen LogP contribution in [0.3, 0.4) is 0 Å². The molecule has 0 bridgehead atoms. The van der Waals surface area contributed by atoms with Gasteiger partial charge in [-0.1, -0.05) is 35.9 Å². The van der Waals surface area contributed by atoms with Crippen molar-refractivity contribution in [3.8, 4) is 11.1 Å². The molecule has 5 nitrogen and oxygen atoms in total. The molecule has 2 aromatic heterocycles. The van der Waals surface area contributed by atoms with Gasteiger partial charge in [-0.25, -0.2) is 0 Å². The van der Waals surface area contributed by atoms with E-state index in [1.54, 1.807) is 6.20 Å². The second-order valence-electron chi connectivity index (χ2n) is 6.15. The topological polar surface area (TPSA) is 85.9 Å². The Morgan fingerprint density at radius 3 is 2.73 bits per heavy atom. The third-order valence-electron chi connectivity index (χ3n) is 4.52. The highest BCUT2D eigenvalue weighted by molar-refractivity contribution is 6.33. The summed E-state index contributed by atoms with van der Waals surface area (Å²) in [5, 5.41) is 11.3. The van der Waals surface area contributed by atoms with Crippen molar-refractivity contribution in [2.24, 2.45) is 0 Å². The largest absolute Gasteiger partial charge is 0.481 e. The first-order valence-electron chi connectivity index (χ1n) is 8.17. The number of hydrogen-bond donors (Lipinski definition) is 3. The number of halogens is 1. The minimum Gasteiger partial charge on any atom is -0.481 e. The fraction of sp³-hybridized carbons (Fsp3) is 0.100. The van der Waals surface area contributed by atoms with Crippen LogP contribution in [0.15, 0.2) is 53.5 Å². The summed E-state index contributed by atoms with van der Waals surface area (Å²) in [5.74, 6) is -0.870. The van der Waals surface area contributed by atoms with E-state index in [0.717, 1.165) is 27.5 Å². The van der Waals surface area contributed by atoms with E-state index >= 15 is 0 Å². The van der Waals surface area contributed by atoms with Gasteiger partial charge in [0.1, 0.15) is 5.52 Å². The third kappa shape index (κ3) is 2.76. The molecule has 0 fully saturated rings. The second kappa shape index (κ2) is 6.35. The molecule has 4 rings (SSSR count). The van der Waals surface area contributed by atoms with E-state index in [1.165, 1.54) is 0 Å². The quantitative estimate of drug-likeness (QED) is 0.502. The molecule has 0 aliphatic heterocycles. The van der Waals surface area contributed by atoms with Crippen molar-refractivity contribution in [1.82, 2.24) is 9.97 Å². The minimum absolute atomic E-state index is 0.00541. The molecule has 6 heteroatoms. The zero-order valence-electron chi connectivity index (χ0n) is 13.7. The Hall–Kier alpha value is -3.05. The molecule has 2 heterocycles. The summed E-state index contributed by atoms with van der Waals surface area (Å²) in [6, 6.07) is 13.3. The Balaban J connectivity index is 1.99. The smallest absolute Gasteiger partial charge is 0.303 e. The predicted octanol–water partition coefficient (Wildman–Crippen LogP) is 4.35. The van der Waals surface area contributed by atoms with Crippen LogP contribution >= 0.6 is 11.6 Å². The maximum Gasteiger partial charge on any atom is 0.303 e. The number of aromatic amines is 2. The summed E-state index contributed by atoms with van der Waals surface area (Å²) >= 11 is 6.32.